The van der Waals surface area contributed by atoms with Crippen molar-refractivity contribution >= 4 is 17.5 Å². The fourth-order valence-corrected chi connectivity index (χ4v) is 4.48. The van der Waals surface area contributed by atoms with E-state index in [0.29, 0.717) is 11.2 Å². The smallest absolute Gasteiger partial charge is 0.0737 e. The monoisotopic (exact) mass is 247 g/mol. The normalized spacial score (nSPS) is 33.5. The Morgan fingerprint density at radius 1 is 1.24 bits per heavy atom. The minimum Gasteiger partial charge on any atom is -0.411 e. The lowest BCUT2D eigenvalue weighted by Crippen LogP contribution is -2.24. The van der Waals surface area contributed by atoms with E-state index in [9.17, 15) is 0 Å². The molecule has 0 aliphatic heterocycles. The summed E-state index contributed by atoms with van der Waals surface area (Å²) in [6, 6.07) is 8.62. The Morgan fingerprint density at radius 3 is 2.71 bits per heavy atom. The average Bonchev–Trinajstić information content (AvgIpc) is 2.92. The van der Waals surface area contributed by atoms with Crippen molar-refractivity contribution in [1.82, 2.24) is 0 Å². The van der Waals surface area contributed by atoms with E-state index in [2.05, 4.69) is 36.3 Å². The number of aryl methyl sites for hydroxylation is 1. The molecule has 2 nitrogen and oxygen atoms in total. The van der Waals surface area contributed by atoms with E-state index >= 15 is 0 Å². The second-order valence-electron chi connectivity index (χ2n) is 5.15. The Labute approximate surface area is 106 Å². The Balaban J connectivity index is 1.79. The Kier molecular flexibility index (Phi) is 2.87. The van der Waals surface area contributed by atoms with Crippen LogP contribution in [0.1, 0.15) is 24.8 Å². The lowest BCUT2D eigenvalue weighted by atomic mass is 9.98. The largest absolute Gasteiger partial charge is 0.411 e. The Bertz CT molecular complexity index is 440. The Hall–Kier alpha value is -0.960. The topological polar surface area (TPSA) is 32.6 Å². The first-order valence-electron chi connectivity index (χ1n) is 6.23. The molecular formula is C14H17NOS. The molecule has 1 aromatic carbocycles. The number of nitrogens with zero attached hydrogens (tertiary/aromatic N) is 1. The van der Waals surface area contributed by atoms with Crippen molar-refractivity contribution in [2.24, 2.45) is 17.0 Å². The predicted octanol–water partition coefficient (Wildman–Crippen LogP) is 3.72. The van der Waals surface area contributed by atoms with Crippen LogP contribution in [0.15, 0.2) is 34.3 Å². The molecule has 0 heterocycles. The van der Waals surface area contributed by atoms with Gasteiger partial charge in [-0.3, -0.25) is 0 Å². The highest BCUT2D eigenvalue weighted by atomic mass is 32.2. The van der Waals surface area contributed by atoms with E-state index < -0.39 is 0 Å². The summed E-state index contributed by atoms with van der Waals surface area (Å²) < 4.78 is 0. The van der Waals surface area contributed by atoms with Crippen LogP contribution in [0.3, 0.4) is 0 Å². The number of benzene rings is 1. The summed E-state index contributed by atoms with van der Waals surface area (Å²) in [4.78, 5) is 1.29. The van der Waals surface area contributed by atoms with Crippen LogP contribution in [0, 0.1) is 18.8 Å². The van der Waals surface area contributed by atoms with Gasteiger partial charge < -0.3 is 5.21 Å². The standard InChI is InChI=1S/C14H17NOS/c1-9-2-6-12(7-3-9)17-14-11-5-4-10(8-11)13(14)15-16/h2-3,6-7,10-11,14,16H,4-5,8H2,1H3/b15-13-/t10-,11-,14-/m0/s1. The summed E-state index contributed by atoms with van der Waals surface area (Å²) in [5, 5.41) is 13.1. The zero-order valence-electron chi connectivity index (χ0n) is 9.97. The highest BCUT2D eigenvalue weighted by molar-refractivity contribution is 8.00. The van der Waals surface area contributed by atoms with Crippen molar-refractivity contribution < 1.29 is 5.21 Å². The third-order valence-corrected chi connectivity index (χ3v) is 5.44. The van der Waals surface area contributed by atoms with Crippen molar-refractivity contribution in [3.63, 3.8) is 0 Å². The number of hydrogen-bond donors (Lipinski definition) is 1. The van der Waals surface area contributed by atoms with Gasteiger partial charge in [0.25, 0.3) is 0 Å². The molecule has 17 heavy (non-hydrogen) atoms. The molecule has 3 heteroatoms. The van der Waals surface area contributed by atoms with Crippen LogP contribution >= 0.6 is 11.8 Å². The SMILES string of the molecule is Cc1ccc(S[C@@H]2/C(=N\O)[C@H]3CC[C@H]2C3)cc1. The van der Waals surface area contributed by atoms with Gasteiger partial charge in [0, 0.05) is 10.8 Å². The number of oxime groups is 1. The maximum absolute atomic E-state index is 9.16. The third kappa shape index (κ3) is 1.97. The molecule has 90 valence electrons. The average molecular weight is 247 g/mol. The highest BCUT2D eigenvalue weighted by Gasteiger charge is 2.45. The van der Waals surface area contributed by atoms with E-state index in [1.165, 1.54) is 29.7 Å². The molecule has 2 fully saturated rings. The number of hydrogen-bond acceptors (Lipinski definition) is 3. The molecular weight excluding hydrogens is 230 g/mol. The molecule has 0 aromatic heterocycles. The van der Waals surface area contributed by atoms with Crippen molar-refractivity contribution in [2.75, 3.05) is 0 Å². The molecule has 1 N–H and O–H groups in total. The van der Waals surface area contributed by atoms with Crippen LogP contribution in [0.5, 0.6) is 0 Å². The van der Waals surface area contributed by atoms with E-state index in [0.717, 1.165) is 11.6 Å². The first-order chi connectivity index (χ1) is 8.28. The summed E-state index contributed by atoms with van der Waals surface area (Å²) in [6.07, 6.45) is 3.74. The van der Waals surface area contributed by atoms with Crippen LogP contribution in [0.4, 0.5) is 0 Å². The van der Waals surface area contributed by atoms with Crippen LogP contribution in [-0.4, -0.2) is 16.2 Å². The van der Waals surface area contributed by atoms with Crippen molar-refractivity contribution in [2.45, 2.75) is 36.3 Å². The van der Waals surface area contributed by atoms with E-state index in [1.807, 2.05) is 11.8 Å². The fourth-order valence-electron chi connectivity index (χ4n) is 3.09. The molecule has 0 saturated heterocycles. The Morgan fingerprint density at radius 2 is 2.00 bits per heavy atom. The van der Waals surface area contributed by atoms with E-state index in [-0.39, 0.29) is 0 Å². The minimum atomic E-state index is 0.404. The number of thioether (sulfide) groups is 1. The van der Waals surface area contributed by atoms with Gasteiger partial charge in [0.1, 0.15) is 0 Å². The van der Waals surface area contributed by atoms with Gasteiger partial charge >= 0.3 is 0 Å². The molecule has 3 atom stereocenters. The molecule has 2 saturated carbocycles. The summed E-state index contributed by atoms with van der Waals surface area (Å²) in [7, 11) is 0. The molecule has 3 rings (SSSR count). The van der Waals surface area contributed by atoms with Gasteiger partial charge in [0.05, 0.1) is 11.0 Å². The summed E-state index contributed by atoms with van der Waals surface area (Å²) in [5.41, 5.74) is 2.32. The summed E-state index contributed by atoms with van der Waals surface area (Å²) >= 11 is 1.86. The number of fused-ring (bicyclic) bond motifs is 2. The van der Waals surface area contributed by atoms with Crippen LogP contribution in [-0.2, 0) is 0 Å². The van der Waals surface area contributed by atoms with E-state index in [4.69, 9.17) is 5.21 Å². The lowest BCUT2D eigenvalue weighted by molar-refractivity contribution is 0.314. The molecule has 2 bridgehead atoms. The van der Waals surface area contributed by atoms with Gasteiger partial charge in [-0.2, -0.15) is 0 Å². The highest BCUT2D eigenvalue weighted by Crippen LogP contribution is 2.49. The molecule has 2 aliphatic rings. The minimum absolute atomic E-state index is 0.404. The molecule has 0 unspecified atom stereocenters. The van der Waals surface area contributed by atoms with Gasteiger partial charge in [-0.05, 0) is 44.2 Å². The van der Waals surface area contributed by atoms with Crippen LogP contribution < -0.4 is 0 Å². The molecule has 0 spiro atoms. The zero-order chi connectivity index (χ0) is 11.8. The fraction of sp³-hybridized carbons (Fsp3) is 0.500. The first kappa shape index (κ1) is 11.1. The van der Waals surface area contributed by atoms with Crippen LogP contribution in [0.2, 0.25) is 0 Å². The van der Waals surface area contributed by atoms with Crippen molar-refractivity contribution in [3.05, 3.63) is 29.8 Å². The molecule has 0 radical (unpaired) electrons. The predicted molar refractivity (Wildman–Crippen MR) is 70.9 cm³/mol. The van der Waals surface area contributed by atoms with Gasteiger partial charge in [0.15, 0.2) is 0 Å². The second-order valence-corrected chi connectivity index (χ2v) is 6.36. The first-order valence-corrected chi connectivity index (χ1v) is 7.11. The maximum Gasteiger partial charge on any atom is 0.0737 e. The van der Waals surface area contributed by atoms with Crippen molar-refractivity contribution in [3.8, 4) is 0 Å². The van der Waals surface area contributed by atoms with Gasteiger partial charge in [0.2, 0.25) is 0 Å². The summed E-state index contributed by atoms with van der Waals surface area (Å²) in [6.45, 7) is 2.10. The maximum atomic E-state index is 9.16. The van der Waals surface area contributed by atoms with Gasteiger partial charge in [-0.25, -0.2) is 0 Å². The lowest BCUT2D eigenvalue weighted by Gasteiger charge is -2.22. The van der Waals surface area contributed by atoms with Crippen LogP contribution in [0.25, 0.3) is 0 Å². The van der Waals surface area contributed by atoms with Crippen molar-refractivity contribution in [1.29, 1.82) is 0 Å². The molecule has 0 amide bonds. The van der Waals surface area contributed by atoms with Gasteiger partial charge in [-0.15, -0.1) is 11.8 Å². The summed E-state index contributed by atoms with van der Waals surface area (Å²) in [5.74, 6) is 1.27. The molecule has 2 aliphatic carbocycles. The second kappa shape index (κ2) is 4.37. The van der Waals surface area contributed by atoms with Gasteiger partial charge in [-0.1, -0.05) is 22.9 Å². The van der Waals surface area contributed by atoms with E-state index in [1.54, 1.807) is 0 Å². The molecule has 1 aromatic rings. The number of rotatable bonds is 2. The third-order valence-electron chi connectivity index (χ3n) is 4.01. The zero-order valence-corrected chi connectivity index (χ0v) is 10.8. The quantitative estimate of drug-likeness (QED) is 0.638.